The molecule has 0 N–H and O–H groups in total. The maximum Gasteiger partial charge on any atom is -0.00266 e. The lowest BCUT2D eigenvalue weighted by Crippen LogP contribution is -2.27. The van der Waals surface area contributed by atoms with E-state index in [-0.39, 0.29) is 0 Å². The molecular weight excluding hydrogens is 156 g/mol. The highest BCUT2D eigenvalue weighted by molar-refractivity contribution is 8.34. The van der Waals surface area contributed by atoms with E-state index >= 15 is 0 Å². The number of rotatable bonds is 4. The molecule has 0 amide bonds. The van der Waals surface area contributed by atoms with Gasteiger partial charge in [-0.15, -0.1) is 0 Å². The fraction of sp³-hybridized carbons (Fsp3) is 0.500. The van der Waals surface area contributed by atoms with Crippen molar-refractivity contribution in [2.24, 2.45) is 0 Å². The molecule has 0 saturated carbocycles. The molecule has 2 nitrogen and oxygen atoms in total. The quantitative estimate of drug-likeness (QED) is 0.643. The molecule has 0 bridgehead atoms. The molecule has 0 aromatic carbocycles. The summed E-state index contributed by atoms with van der Waals surface area (Å²) in [4.78, 5) is 0. The van der Waals surface area contributed by atoms with Crippen LogP contribution in [0.4, 0.5) is 0 Å². The van der Waals surface area contributed by atoms with Crippen LogP contribution in [0.15, 0.2) is 24.0 Å². The van der Waals surface area contributed by atoms with Crippen LogP contribution in [0.25, 0.3) is 0 Å². The van der Waals surface area contributed by atoms with Gasteiger partial charge in [0.25, 0.3) is 0 Å². The SMILES string of the molecule is C=CS(C=C)(N(C)C)N(C)C. The molecule has 0 aliphatic rings. The van der Waals surface area contributed by atoms with Crippen LogP contribution in [0.1, 0.15) is 0 Å². The Hall–Kier alpha value is -0.250. The minimum absolute atomic E-state index is 1.11. The van der Waals surface area contributed by atoms with Crippen molar-refractivity contribution in [3.8, 4) is 0 Å². The van der Waals surface area contributed by atoms with Gasteiger partial charge in [-0.3, -0.25) is 8.61 Å². The van der Waals surface area contributed by atoms with Gasteiger partial charge < -0.3 is 0 Å². The molecular formula is C8H18N2S. The van der Waals surface area contributed by atoms with Gasteiger partial charge in [0.1, 0.15) is 0 Å². The van der Waals surface area contributed by atoms with Gasteiger partial charge in [0.05, 0.1) is 0 Å². The highest BCUT2D eigenvalue weighted by Crippen LogP contribution is 2.53. The van der Waals surface area contributed by atoms with E-state index in [2.05, 4.69) is 21.8 Å². The van der Waals surface area contributed by atoms with Crippen LogP contribution in [-0.4, -0.2) is 36.8 Å². The van der Waals surface area contributed by atoms with E-state index in [4.69, 9.17) is 0 Å². The van der Waals surface area contributed by atoms with E-state index in [9.17, 15) is 0 Å². The Kier molecular flexibility index (Phi) is 3.86. The lowest BCUT2D eigenvalue weighted by Gasteiger charge is -2.45. The Morgan fingerprint density at radius 2 is 1.18 bits per heavy atom. The molecule has 0 heterocycles. The first-order chi connectivity index (χ1) is 5.01. The van der Waals surface area contributed by atoms with Crippen molar-refractivity contribution in [1.82, 2.24) is 8.61 Å². The summed E-state index contributed by atoms with van der Waals surface area (Å²) in [6, 6.07) is 0. The van der Waals surface area contributed by atoms with Crippen molar-refractivity contribution in [3.05, 3.63) is 24.0 Å². The fourth-order valence-electron chi connectivity index (χ4n) is 0.991. The fourth-order valence-corrected chi connectivity index (χ4v) is 2.97. The summed E-state index contributed by atoms with van der Waals surface area (Å²) in [5.74, 6) is 0. The molecule has 11 heavy (non-hydrogen) atoms. The Balaban J connectivity index is 4.74. The summed E-state index contributed by atoms with van der Waals surface area (Å²) >= 11 is 0. The van der Waals surface area contributed by atoms with Crippen LogP contribution in [0.5, 0.6) is 0 Å². The zero-order chi connectivity index (χ0) is 9.07. The van der Waals surface area contributed by atoms with Gasteiger partial charge in [0.2, 0.25) is 0 Å². The van der Waals surface area contributed by atoms with Gasteiger partial charge >= 0.3 is 0 Å². The molecule has 0 radical (unpaired) electrons. The van der Waals surface area contributed by atoms with E-state index in [0.29, 0.717) is 0 Å². The summed E-state index contributed by atoms with van der Waals surface area (Å²) in [5, 5.41) is 3.92. The molecule has 0 spiro atoms. The minimum Gasteiger partial charge on any atom is -0.256 e. The normalized spacial score (nSPS) is 13.6. The van der Waals surface area contributed by atoms with Gasteiger partial charge in [0.15, 0.2) is 0 Å². The summed E-state index contributed by atoms with van der Waals surface area (Å²) in [7, 11) is 7.05. The van der Waals surface area contributed by atoms with Crippen molar-refractivity contribution < 1.29 is 0 Å². The average Bonchev–Trinajstić information content (AvgIpc) is 1.90. The van der Waals surface area contributed by atoms with Gasteiger partial charge in [-0.2, -0.15) is 0 Å². The van der Waals surface area contributed by atoms with Gasteiger partial charge in [0, 0.05) is 0 Å². The van der Waals surface area contributed by atoms with E-state index in [1.54, 1.807) is 0 Å². The van der Waals surface area contributed by atoms with Crippen LogP contribution in [-0.2, 0) is 0 Å². The maximum absolute atomic E-state index is 3.83. The van der Waals surface area contributed by atoms with E-state index < -0.39 is 10.4 Å². The van der Waals surface area contributed by atoms with Crippen LogP contribution in [0.3, 0.4) is 0 Å². The molecule has 0 fully saturated rings. The lowest BCUT2D eigenvalue weighted by atomic mass is 11.2. The van der Waals surface area contributed by atoms with Crippen molar-refractivity contribution in [3.63, 3.8) is 0 Å². The monoisotopic (exact) mass is 174 g/mol. The third-order valence-electron chi connectivity index (χ3n) is 1.66. The molecule has 0 unspecified atom stereocenters. The summed E-state index contributed by atoms with van der Waals surface area (Å²) in [6.45, 7) is 7.66. The largest absolute Gasteiger partial charge is 0.256 e. The molecule has 0 aromatic rings. The third kappa shape index (κ3) is 1.86. The van der Waals surface area contributed by atoms with E-state index in [1.165, 1.54) is 0 Å². The highest BCUT2D eigenvalue weighted by atomic mass is 32.3. The van der Waals surface area contributed by atoms with Crippen molar-refractivity contribution >= 4 is 10.4 Å². The predicted molar refractivity (Wildman–Crippen MR) is 55.4 cm³/mol. The van der Waals surface area contributed by atoms with Crippen LogP contribution in [0.2, 0.25) is 0 Å². The molecule has 0 rings (SSSR count). The summed E-state index contributed by atoms with van der Waals surface area (Å²) < 4.78 is 4.29. The Bertz CT molecular complexity index is 134. The second-order valence-electron chi connectivity index (χ2n) is 2.60. The lowest BCUT2D eigenvalue weighted by molar-refractivity contribution is 0.594. The van der Waals surface area contributed by atoms with Gasteiger partial charge in [-0.05, 0) is 39.0 Å². The number of nitrogens with zero attached hydrogens (tertiary/aromatic N) is 2. The molecule has 0 aliphatic heterocycles. The second-order valence-corrected chi connectivity index (χ2v) is 6.00. The van der Waals surface area contributed by atoms with Crippen molar-refractivity contribution in [1.29, 1.82) is 0 Å². The molecule has 0 atom stereocenters. The molecule has 3 heteroatoms. The minimum atomic E-state index is -1.11. The summed E-state index contributed by atoms with van der Waals surface area (Å²) in [6.07, 6.45) is 0. The Morgan fingerprint density at radius 3 is 1.18 bits per heavy atom. The highest BCUT2D eigenvalue weighted by Gasteiger charge is 2.20. The number of hydrogen-bond donors (Lipinski definition) is 0. The van der Waals surface area contributed by atoms with Crippen LogP contribution >= 0.6 is 10.4 Å². The van der Waals surface area contributed by atoms with Crippen LogP contribution < -0.4 is 0 Å². The van der Waals surface area contributed by atoms with Gasteiger partial charge in [-0.1, -0.05) is 23.6 Å². The van der Waals surface area contributed by atoms with Gasteiger partial charge in [-0.25, -0.2) is 0 Å². The van der Waals surface area contributed by atoms with Crippen LogP contribution in [0, 0.1) is 0 Å². The van der Waals surface area contributed by atoms with E-state index in [0.717, 1.165) is 0 Å². The first kappa shape index (κ1) is 10.8. The Morgan fingerprint density at radius 1 is 0.909 bits per heavy atom. The predicted octanol–water partition coefficient (Wildman–Crippen LogP) is 2.03. The third-order valence-corrected chi connectivity index (χ3v) is 4.98. The topological polar surface area (TPSA) is 6.48 Å². The zero-order valence-electron chi connectivity index (χ0n) is 7.87. The summed E-state index contributed by atoms with van der Waals surface area (Å²) in [5.41, 5.74) is 0. The van der Waals surface area contributed by atoms with E-state index in [1.807, 2.05) is 39.0 Å². The molecule has 0 saturated heterocycles. The maximum atomic E-state index is 3.83. The Labute approximate surface area is 71.8 Å². The standard InChI is InChI=1S/C8H18N2S/c1-7-11(8-2,9(3)4)10(5)6/h7-8H,1-2H2,3-6H3. The first-order valence-electron chi connectivity index (χ1n) is 3.44. The number of hydrogen-bond acceptors (Lipinski definition) is 2. The zero-order valence-corrected chi connectivity index (χ0v) is 8.69. The molecule has 0 aromatic heterocycles. The van der Waals surface area contributed by atoms with Crippen molar-refractivity contribution in [2.45, 2.75) is 0 Å². The molecule has 66 valence electrons. The second kappa shape index (κ2) is 3.95. The molecule has 0 aliphatic carbocycles. The van der Waals surface area contributed by atoms with Crippen molar-refractivity contribution in [2.75, 3.05) is 28.2 Å². The first-order valence-corrected chi connectivity index (χ1v) is 5.12. The smallest absolute Gasteiger partial charge is 0.00266 e. The average molecular weight is 174 g/mol.